The van der Waals surface area contributed by atoms with Gasteiger partial charge in [0.2, 0.25) is 0 Å². The van der Waals surface area contributed by atoms with Gasteiger partial charge in [-0.15, -0.1) is 0 Å². The summed E-state index contributed by atoms with van der Waals surface area (Å²) in [5.41, 5.74) is -1.29. The van der Waals surface area contributed by atoms with Crippen LogP contribution >= 0.6 is 0 Å². The van der Waals surface area contributed by atoms with Gasteiger partial charge in [0.1, 0.15) is 0 Å². The highest BCUT2D eigenvalue weighted by molar-refractivity contribution is 6.04. The highest BCUT2D eigenvalue weighted by atomic mass is 16.7. The van der Waals surface area contributed by atoms with Crippen molar-refractivity contribution in [2.24, 2.45) is 16.7 Å². The fourth-order valence-electron chi connectivity index (χ4n) is 4.07. The number of carbonyl (C=O) groups excluding carboxylic acids is 2. The predicted octanol–water partition coefficient (Wildman–Crippen LogP) is 4.80. The van der Waals surface area contributed by atoms with E-state index in [-0.39, 0.29) is 36.9 Å². The number of esters is 2. The molecular weight excluding hydrogens is 384 g/mol. The summed E-state index contributed by atoms with van der Waals surface area (Å²) in [6.45, 7) is 11.3. The number of hydrogen-bond donors (Lipinski definition) is 0. The average Bonchev–Trinajstić information content (AvgIpc) is 3.46. The third kappa shape index (κ3) is 6.07. The maximum Gasteiger partial charge on any atom is 0.324 e. The van der Waals surface area contributed by atoms with E-state index >= 15 is 0 Å². The van der Waals surface area contributed by atoms with Crippen LogP contribution in [0.5, 0.6) is 0 Å². The molecule has 1 aliphatic heterocycles. The topological polar surface area (TPSA) is 71.1 Å². The lowest BCUT2D eigenvalue weighted by molar-refractivity contribution is -0.197. The molecule has 0 aromatic rings. The second-order valence-electron chi connectivity index (χ2n) is 9.05. The van der Waals surface area contributed by atoms with E-state index in [9.17, 15) is 9.59 Å². The standard InChI is InChI=1S/C24H40O6/c1-6-9-15-23(4,5)19(30-20-12-10-11-16-29-20)14-13-18-17-24(18,21(25)27-7-2)22(26)28-8-3/h13-14,18-20H,6-12,15-17H2,1-5H3. The van der Waals surface area contributed by atoms with Gasteiger partial charge >= 0.3 is 11.9 Å². The molecule has 0 radical (unpaired) electrons. The van der Waals surface area contributed by atoms with E-state index in [2.05, 4.69) is 20.8 Å². The van der Waals surface area contributed by atoms with Crippen LogP contribution in [-0.4, -0.2) is 44.2 Å². The molecule has 1 aliphatic carbocycles. The molecule has 3 unspecified atom stereocenters. The minimum Gasteiger partial charge on any atom is -0.465 e. The summed E-state index contributed by atoms with van der Waals surface area (Å²) in [4.78, 5) is 25.1. The minimum atomic E-state index is -1.21. The first-order chi connectivity index (χ1) is 14.3. The van der Waals surface area contributed by atoms with Gasteiger partial charge in [0, 0.05) is 12.5 Å². The van der Waals surface area contributed by atoms with Crippen LogP contribution in [0.15, 0.2) is 12.2 Å². The summed E-state index contributed by atoms with van der Waals surface area (Å²) in [6.07, 6.45) is 10.4. The number of rotatable bonds is 12. The first kappa shape index (κ1) is 24.9. The molecule has 2 fully saturated rings. The van der Waals surface area contributed by atoms with Gasteiger partial charge < -0.3 is 18.9 Å². The lowest BCUT2D eigenvalue weighted by atomic mass is 9.81. The zero-order chi connectivity index (χ0) is 22.2. The predicted molar refractivity (Wildman–Crippen MR) is 115 cm³/mol. The largest absolute Gasteiger partial charge is 0.465 e. The maximum atomic E-state index is 12.5. The molecule has 0 amide bonds. The van der Waals surface area contributed by atoms with E-state index in [0.717, 1.165) is 45.1 Å². The number of allylic oxidation sites excluding steroid dienone is 1. The van der Waals surface area contributed by atoms with E-state index in [0.29, 0.717) is 6.42 Å². The Kier molecular flexibility index (Phi) is 9.35. The fourth-order valence-corrected chi connectivity index (χ4v) is 4.07. The molecule has 1 saturated heterocycles. The molecule has 172 valence electrons. The average molecular weight is 425 g/mol. The van der Waals surface area contributed by atoms with Crippen LogP contribution < -0.4 is 0 Å². The number of unbranched alkanes of at least 4 members (excludes halogenated alkanes) is 1. The van der Waals surface area contributed by atoms with Gasteiger partial charge in [0.15, 0.2) is 11.7 Å². The third-order valence-electron chi connectivity index (χ3n) is 6.19. The maximum absolute atomic E-state index is 12.5. The van der Waals surface area contributed by atoms with Gasteiger partial charge in [-0.3, -0.25) is 9.59 Å². The van der Waals surface area contributed by atoms with Crippen molar-refractivity contribution in [2.75, 3.05) is 19.8 Å². The Balaban J connectivity index is 2.16. The second kappa shape index (κ2) is 11.3. The molecule has 6 nitrogen and oxygen atoms in total. The van der Waals surface area contributed by atoms with Crippen LogP contribution in [-0.2, 0) is 28.5 Å². The zero-order valence-corrected chi connectivity index (χ0v) is 19.4. The van der Waals surface area contributed by atoms with Crippen molar-refractivity contribution in [1.29, 1.82) is 0 Å². The Morgan fingerprint density at radius 3 is 2.33 bits per heavy atom. The van der Waals surface area contributed by atoms with E-state index in [4.69, 9.17) is 18.9 Å². The van der Waals surface area contributed by atoms with Crippen LogP contribution in [0.1, 0.15) is 79.6 Å². The smallest absolute Gasteiger partial charge is 0.324 e. The van der Waals surface area contributed by atoms with Crippen LogP contribution in [0.4, 0.5) is 0 Å². The Bertz CT molecular complexity index is 573. The Hall–Kier alpha value is -1.40. The Labute approximate surface area is 181 Å². The van der Waals surface area contributed by atoms with E-state index in [1.54, 1.807) is 13.8 Å². The van der Waals surface area contributed by atoms with Crippen LogP contribution in [0.2, 0.25) is 0 Å². The second-order valence-corrected chi connectivity index (χ2v) is 9.05. The van der Waals surface area contributed by atoms with E-state index < -0.39 is 17.4 Å². The number of hydrogen-bond acceptors (Lipinski definition) is 6. The molecule has 6 heteroatoms. The van der Waals surface area contributed by atoms with Crippen molar-refractivity contribution in [3.05, 3.63) is 12.2 Å². The van der Waals surface area contributed by atoms with Gasteiger partial charge in [-0.05, 0) is 51.4 Å². The van der Waals surface area contributed by atoms with Gasteiger partial charge in [-0.25, -0.2) is 0 Å². The lowest BCUT2D eigenvalue weighted by Gasteiger charge is -2.36. The molecule has 2 aliphatic rings. The van der Waals surface area contributed by atoms with Crippen molar-refractivity contribution in [2.45, 2.75) is 92.0 Å². The van der Waals surface area contributed by atoms with Crippen molar-refractivity contribution in [1.82, 2.24) is 0 Å². The van der Waals surface area contributed by atoms with E-state index in [1.807, 2.05) is 12.2 Å². The summed E-state index contributed by atoms with van der Waals surface area (Å²) in [6, 6.07) is 0. The molecular formula is C24H40O6. The first-order valence-electron chi connectivity index (χ1n) is 11.6. The van der Waals surface area contributed by atoms with Crippen LogP contribution in [0.3, 0.4) is 0 Å². The summed E-state index contributed by atoms with van der Waals surface area (Å²) in [7, 11) is 0. The van der Waals surface area contributed by atoms with Gasteiger partial charge in [0.25, 0.3) is 0 Å². The molecule has 1 saturated carbocycles. The highest BCUT2D eigenvalue weighted by Gasteiger charge is 2.67. The van der Waals surface area contributed by atoms with Crippen molar-refractivity contribution in [3.8, 4) is 0 Å². The van der Waals surface area contributed by atoms with Gasteiger partial charge in [-0.1, -0.05) is 45.8 Å². The first-order valence-corrected chi connectivity index (χ1v) is 11.6. The summed E-state index contributed by atoms with van der Waals surface area (Å²) in [5, 5.41) is 0. The Morgan fingerprint density at radius 2 is 1.80 bits per heavy atom. The fraction of sp³-hybridized carbons (Fsp3) is 0.833. The Morgan fingerprint density at radius 1 is 1.13 bits per heavy atom. The molecule has 2 rings (SSSR count). The van der Waals surface area contributed by atoms with Crippen LogP contribution in [0.25, 0.3) is 0 Å². The molecule has 30 heavy (non-hydrogen) atoms. The normalized spacial score (nSPS) is 24.4. The van der Waals surface area contributed by atoms with Crippen molar-refractivity contribution < 1.29 is 28.5 Å². The monoisotopic (exact) mass is 424 g/mol. The van der Waals surface area contributed by atoms with Gasteiger partial charge in [-0.2, -0.15) is 0 Å². The van der Waals surface area contributed by atoms with Gasteiger partial charge in [0.05, 0.1) is 19.3 Å². The van der Waals surface area contributed by atoms with Crippen LogP contribution in [0, 0.1) is 16.7 Å². The third-order valence-corrected chi connectivity index (χ3v) is 6.19. The van der Waals surface area contributed by atoms with Crippen molar-refractivity contribution >= 4 is 11.9 Å². The number of carbonyl (C=O) groups is 2. The summed E-state index contributed by atoms with van der Waals surface area (Å²) < 4.78 is 22.6. The molecule has 0 N–H and O–H groups in total. The van der Waals surface area contributed by atoms with E-state index in [1.165, 1.54) is 0 Å². The summed E-state index contributed by atoms with van der Waals surface area (Å²) in [5.74, 6) is -1.20. The lowest BCUT2D eigenvalue weighted by Crippen LogP contribution is -2.36. The van der Waals surface area contributed by atoms with Crippen molar-refractivity contribution in [3.63, 3.8) is 0 Å². The minimum absolute atomic E-state index is 0.0846. The highest BCUT2D eigenvalue weighted by Crippen LogP contribution is 2.55. The zero-order valence-electron chi connectivity index (χ0n) is 19.4. The molecule has 0 bridgehead atoms. The number of ether oxygens (including phenoxy) is 4. The quantitative estimate of drug-likeness (QED) is 0.254. The summed E-state index contributed by atoms with van der Waals surface area (Å²) >= 11 is 0. The molecule has 0 aromatic heterocycles. The molecule has 1 heterocycles. The molecule has 0 aromatic carbocycles. The molecule has 0 spiro atoms. The molecule has 3 atom stereocenters. The SMILES string of the molecule is CCCCC(C)(C)C(C=CC1CC1(C(=O)OCC)C(=O)OCC)OC1CCCCO1.